The molecule has 0 aliphatic carbocycles. The van der Waals surface area contributed by atoms with Gasteiger partial charge in [0.2, 0.25) is 0 Å². The molecule has 0 saturated heterocycles. The van der Waals surface area contributed by atoms with Gasteiger partial charge >= 0.3 is 0 Å². The quantitative estimate of drug-likeness (QED) is 0.700. The van der Waals surface area contributed by atoms with Crippen LogP contribution in [0.15, 0.2) is 24.8 Å². The molecule has 2 heterocycles. The van der Waals surface area contributed by atoms with Crippen LogP contribution in [0.5, 0.6) is 0 Å². The topological polar surface area (TPSA) is 95.6 Å². The first-order valence-electron chi connectivity index (χ1n) is 6.61. The van der Waals surface area contributed by atoms with Crippen LogP contribution in [0.1, 0.15) is 29.5 Å². The Morgan fingerprint density at radius 1 is 1.40 bits per heavy atom. The maximum atomic E-state index is 12.1. The Morgan fingerprint density at radius 2 is 2.30 bits per heavy atom. The molecular weight excluding hydrogens is 256 g/mol. The zero-order valence-electron chi connectivity index (χ0n) is 11.4. The number of pyridine rings is 1. The van der Waals surface area contributed by atoms with Gasteiger partial charge < -0.3 is 10.6 Å². The molecule has 0 spiro atoms. The van der Waals surface area contributed by atoms with Gasteiger partial charge in [0.25, 0.3) is 5.91 Å². The molecule has 7 heteroatoms. The lowest BCUT2D eigenvalue weighted by atomic mass is 10.2. The van der Waals surface area contributed by atoms with Gasteiger partial charge in [0.05, 0.1) is 17.4 Å². The molecule has 2 aromatic heterocycles. The lowest BCUT2D eigenvalue weighted by molar-refractivity contribution is 0.0954. The first kappa shape index (κ1) is 14.0. The van der Waals surface area contributed by atoms with Crippen LogP contribution < -0.4 is 10.6 Å². The second kappa shape index (κ2) is 7.22. The van der Waals surface area contributed by atoms with Gasteiger partial charge in [0, 0.05) is 25.7 Å². The summed E-state index contributed by atoms with van der Waals surface area (Å²) in [6.07, 6.45) is 6.34. The van der Waals surface area contributed by atoms with Crippen LogP contribution in [-0.2, 0) is 6.42 Å². The molecule has 20 heavy (non-hydrogen) atoms. The standard InChI is InChI=1S/C13H18N6O/c1-2-5-15-11-8-14-6-3-10(11)13(20)16-7-4-12-17-9-18-19-12/h3,6,8-9,15H,2,4-5,7H2,1H3,(H,16,20)(H,17,18,19). The van der Waals surface area contributed by atoms with Crippen molar-refractivity contribution in [2.45, 2.75) is 19.8 Å². The first-order valence-corrected chi connectivity index (χ1v) is 6.61. The predicted octanol–water partition coefficient (Wildman–Crippen LogP) is 0.994. The number of H-pyrrole nitrogens is 1. The van der Waals surface area contributed by atoms with Crippen LogP contribution in [0.3, 0.4) is 0 Å². The largest absolute Gasteiger partial charge is 0.383 e. The summed E-state index contributed by atoms with van der Waals surface area (Å²) in [6, 6.07) is 1.71. The number of aromatic amines is 1. The molecule has 0 saturated carbocycles. The molecule has 3 N–H and O–H groups in total. The number of nitrogens with one attached hydrogen (secondary N) is 3. The van der Waals surface area contributed by atoms with Gasteiger partial charge in [-0.1, -0.05) is 6.92 Å². The van der Waals surface area contributed by atoms with Gasteiger partial charge in [-0.05, 0) is 12.5 Å². The molecule has 7 nitrogen and oxygen atoms in total. The fourth-order valence-corrected chi connectivity index (χ4v) is 1.73. The number of amides is 1. The minimum absolute atomic E-state index is 0.120. The number of rotatable bonds is 7. The zero-order valence-corrected chi connectivity index (χ0v) is 11.4. The molecule has 1 amide bonds. The van der Waals surface area contributed by atoms with Crippen LogP contribution in [0.4, 0.5) is 5.69 Å². The highest BCUT2D eigenvalue weighted by Gasteiger charge is 2.10. The lowest BCUT2D eigenvalue weighted by Crippen LogP contribution is -2.27. The van der Waals surface area contributed by atoms with E-state index in [1.807, 2.05) is 0 Å². The van der Waals surface area contributed by atoms with E-state index in [1.165, 1.54) is 6.33 Å². The Kier molecular flexibility index (Phi) is 5.05. The Hall–Kier alpha value is -2.44. The summed E-state index contributed by atoms with van der Waals surface area (Å²) in [5.74, 6) is 0.634. The van der Waals surface area contributed by atoms with Crippen LogP contribution in [0.25, 0.3) is 0 Å². The van der Waals surface area contributed by atoms with E-state index in [9.17, 15) is 4.79 Å². The van der Waals surface area contributed by atoms with Crippen LogP contribution >= 0.6 is 0 Å². The molecule has 0 fully saturated rings. The highest BCUT2D eigenvalue weighted by atomic mass is 16.1. The van der Waals surface area contributed by atoms with Crippen molar-refractivity contribution in [1.82, 2.24) is 25.5 Å². The molecule has 0 bridgehead atoms. The summed E-state index contributed by atoms with van der Waals surface area (Å²) in [5.41, 5.74) is 1.36. The molecule has 0 aliphatic heterocycles. The van der Waals surface area contributed by atoms with E-state index in [0.717, 1.165) is 24.5 Å². The summed E-state index contributed by atoms with van der Waals surface area (Å²) in [4.78, 5) is 20.2. The van der Waals surface area contributed by atoms with Gasteiger partial charge in [-0.2, -0.15) is 5.10 Å². The summed E-state index contributed by atoms with van der Waals surface area (Å²) in [7, 11) is 0. The third kappa shape index (κ3) is 3.78. The average molecular weight is 274 g/mol. The highest BCUT2D eigenvalue weighted by molar-refractivity contribution is 5.99. The summed E-state index contributed by atoms with van der Waals surface area (Å²) in [6.45, 7) is 3.38. The second-order valence-corrected chi connectivity index (χ2v) is 4.29. The zero-order chi connectivity index (χ0) is 14.2. The van der Waals surface area contributed by atoms with Crippen LogP contribution in [-0.4, -0.2) is 39.2 Å². The third-order valence-corrected chi connectivity index (χ3v) is 2.74. The third-order valence-electron chi connectivity index (χ3n) is 2.74. The molecular formula is C13H18N6O. The maximum absolute atomic E-state index is 12.1. The summed E-state index contributed by atoms with van der Waals surface area (Å²) in [5, 5.41) is 12.6. The summed E-state index contributed by atoms with van der Waals surface area (Å²) < 4.78 is 0. The van der Waals surface area contributed by atoms with Gasteiger partial charge in [0.15, 0.2) is 0 Å². The molecule has 0 unspecified atom stereocenters. The molecule has 0 atom stereocenters. The number of carbonyl (C=O) groups excluding carboxylic acids is 1. The number of hydrogen-bond acceptors (Lipinski definition) is 5. The molecule has 2 rings (SSSR count). The van der Waals surface area contributed by atoms with E-state index in [-0.39, 0.29) is 5.91 Å². The first-order chi connectivity index (χ1) is 9.81. The van der Waals surface area contributed by atoms with Crippen molar-refractivity contribution in [2.24, 2.45) is 0 Å². The average Bonchev–Trinajstić information content (AvgIpc) is 2.98. The van der Waals surface area contributed by atoms with E-state index in [1.54, 1.807) is 18.5 Å². The van der Waals surface area contributed by atoms with Crippen molar-refractivity contribution in [3.05, 3.63) is 36.2 Å². The lowest BCUT2D eigenvalue weighted by Gasteiger charge is -2.10. The van der Waals surface area contributed by atoms with Crippen LogP contribution in [0, 0.1) is 0 Å². The fourth-order valence-electron chi connectivity index (χ4n) is 1.73. The molecule has 106 valence electrons. The van der Waals surface area contributed by atoms with Gasteiger partial charge in [-0.25, -0.2) is 4.98 Å². The molecule has 0 aliphatic rings. The van der Waals surface area contributed by atoms with Crippen LogP contribution in [0.2, 0.25) is 0 Å². The van der Waals surface area contributed by atoms with E-state index < -0.39 is 0 Å². The monoisotopic (exact) mass is 274 g/mol. The van der Waals surface area contributed by atoms with Gasteiger partial charge in [-0.15, -0.1) is 0 Å². The Bertz CT molecular complexity index is 540. The predicted molar refractivity (Wildman–Crippen MR) is 75.4 cm³/mol. The number of anilines is 1. The van der Waals surface area contributed by atoms with Gasteiger partial charge in [-0.3, -0.25) is 14.9 Å². The number of hydrogen-bond donors (Lipinski definition) is 3. The summed E-state index contributed by atoms with van der Waals surface area (Å²) >= 11 is 0. The van der Waals surface area contributed by atoms with Crippen molar-refractivity contribution in [2.75, 3.05) is 18.4 Å². The Labute approximate surface area is 117 Å². The van der Waals surface area contributed by atoms with E-state index >= 15 is 0 Å². The highest BCUT2D eigenvalue weighted by Crippen LogP contribution is 2.13. The molecule has 0 radical (unpaired) electrons. The normalized spacial score (nSPS) is 10.2. The number of aromatic nitrogens is 4. The SMILES string of the molecule is CCCNc1cnccc1C(=O)NCCc1ncn[nH]1. The second-order valence-electron chi connectivity index (χ2n) is 4.29. The molecule has 0 aromatic carbocycles. The van der Waals surface area contributed by atoms with Crippen molar-refractivity contribution in [3.8, 4) is 0 Å². The number of carbonyl (C=O) groups is 1. The van der Waals surface area contributed by atoms with Crippen molar-refractivity contribution < 1.29 is 4.79 Å². The van der Waals surface area contributed by atoms with Gasteiger partial charge in [0.1, 0.15) is 12.2 Å². The minimum atomic E-state index is -0.120. The Morgan fingerprint density at radius 3 is 3.05 bits per heavy atom. The van der Waals surface area contributed by atoms with E-state index in [2.05, 4.69) is 37.7 Å². The van der Waals surface area contributed by atoms with E-state index in [0.29, 0.717) is 18.5 Å². The molecule has 2 aromatic rings. The smallest absolute Gasteiger partial charge is 0.253 e. The number of nitrogens with zero attached hydrogens (tertiary/aromatic N) is 3. The van der Waals surface area contributed by atoms with E-state index in [4.69, 9.17) is 0 Å². The fraction of sp³-hybridized carbons (Fsp3) is 0.385. The minimum Gasteiger partial charge on any atom is -0.383 e. The van der Waals surface area contributed by atoms with Crippen molar-refractivity contribution in [3.63, 3.8) is 0 Å². The maximum Gasteiger partial charge on any atom is 0.253 e. The van der Waals surface area contributed by atoms with Crippen molar-refractivity contribution >= 4 is 11.6 Å². The van der Waals surface area contributed by atoms with Crippen molar-refractivity contribution in [1.29, 1.82) is 0 Å². The Balaban J connectivity index is 1.91.